The van der Waals surface area contributed by atoms with E-state index in [1.165, 1.54) is 197 Å². The maximum absolute atomic E-state index is 2.48. The quantitative estimate of drug-likeness (QED) is 0.0964. The van der Waals surface area contributed by atoms with Gasteiger partial charge in [-0.3, -0.25) is 0 Å². The summed E-state index contributed by atoms with van der Waals surface area (Å²) in [6.07, 6.45) is 0. The Morgan fingerprint density at radius 3 is 0.917 bits per heavy atom. The van der Waals surface area contributed by atoms with Crippen LogP contribution in [0.2, 0.25) is 0 Å². The Labute approximate surface area is 835 Å². The molecule has 0 aliphatic heterocycles. The molecule has 0 saturated heterocycles. The van der Waals surface area contributed by atoms with Gasteiger partial charge in [-0.1, -0.05) is 394 Å². The molecule has 6 heteroatoms. The van der Waals surface area contributed by atoms with Crippen LogP contribution in [0.5, 0.6) is 0 Å². The van der Waals surface area contributed by atoms with E-state index in [9.17, 15) is 0 Å². The van der Waals surface area contributed by atoms with Crippen molar-refractivity contribution >= 4 is 181 Å². The number of benzene rings is 25. The molecule has 0 spiro atoms. The van der Waals surface area contributed by atoms with Gasteiger partial charge in [-0.2, -0.15) is 0 Å². The third-order valence-corrected chi connectivity index (χ3v) is 28.7. The number of hydrogen-bond donors (Lipinski definition) is 0. The van der Waals surface area contributed by atoms with Gasteiger partial charge >= 0.3 is 0 Å². The van der Waals surface area contributed by atoms with E-state index in [1.807, 2.05) is 0 Å². The summed E-state index contributed by atoms with van der Waals surface area (Å²) in [5.74, 6) is 0. The highest BCUT2D eigenvalue weighted by atomic mass is 15.2. The van der Waals surface area contributed by atoms with E-state index in [1.54, 1.807) is 0 Å². The molecule has 28 aromatic rings. The van der Waals surface area contributed by atoms with E-state index >= 15 is 0 Å². The summed E-state index contributed by atoms with van der Waals surface area (Å²) >= 11 is 0. The Morgan fingerprint density at radius 2 is 0.417 bits per heavy atom. The zero-order valence-electron chi connectivity index (χ0n) is 79.0. The number of rotatable bonds is 16. The molecule has 0 atom stereocenters. The van der Waals surface area contributed by atoms with Crippen molar-refractivity contribution in [3.05, 3.63) is 570 Å². The normalized spacial score (nSPS) is 11.5. The van der Waals surface area contributed by atoms with Crippen molar-refractivity contribution in [2.45, 2.75) is 0 Å². The first kappa shape index (κ1) is 85.3. The van der Waals surface area contributed by atoms with E-state index in [4.69, 9.17) is 0 Å². The molecule has 28 rings (SSSR count). The topological polar surface area (TPSA) is 24.5 Å². The molecule has 0 unspecified atom stereocenters. The van der Waals surface area contributed by atoms with Crippen LogP contribution < -0.4 is 14.7 Å². The van der Waals surface area contributed by atoms with Crippen LogP contribution in [-0.2, 0) is 0 Å². The van der Waals surface area contributed by atoms with E-state index in [-0.39, 0.29) is 0 Å². The van der Waals surface area contributed by atoms with Crippen LogP contribution in [0.3, 0.4) is 0 Å². The van der Waals surface area contributed by atoms with Crippen molar-refractivity contribution in [2.75, 3.05) is 14.7 Å². The van der Waals surface area contributed by atoms with Gasteiger partial charge in [0.15, 0.2) is 0 Å². The molecular weight excluding hydrogens is 1740 g/mol. The molecule has 0 bridgehead atoms. The minimum absolute atomic E-state index is 1.11. The fraction of sp³-hybridized carbons (Fsp3) is 0. The smallest absolute Gasteiger partial charge is 0.0619 e. The number of anilines is 9. The number of hydrogen-bond acceptors (Lipinski definition) is 3. The highest BCUT2D eigenvalue weighted by molar-refractivity contribution is 6.21. The van der Waals surface area contributed by atoms with E-state index in [0.717, 1.165) is 45.5 Å². The Kier molecular flexibility index (Phi) is 21.9. The van der Waals surface area contributed by atoms with Crippen molar-refractivity contribution in [3.63, 3.8) is 0 Å². The summed E-state index contributed by atoms with van der Waals surface area (Å²) in [6, 6.07) is 206. The molecule has 0 saturated carbocycles. The van der Waals surface area contributed by atoms with Crippen LogP contribution in [0.4, 0.5) is 51.2 Å². The Bertz CT molecular complexity index is 9640. The maximum Gasteiger partial charge on any atom is 0.0619 e. The van der Waals surface area contributed by atoms with Crippen LogP contribution >= 0.6 is 0 Å². The zero-order valence-corrected chi connectivity index (χ0v) is 79.0. The largest absolute Gasteiger partial charge is 0.311 e. The Morgan fingerprint density at radius 1 is 0.125 bits per heavy atom. The SMILES string of the molecule is c1ccc(-c2ccc(N(c3ccc(-c4ccc5c(c4)c4ccc6ccccc6c4n5-c4cccc5ccccc45)cc3)c3ccc4ccccc4c3)cc2)cc1.c1ccc(N(c2ccc(-c3ccc4c(c3)c3ccccc3n4-c3ccc4ccccc4c3)cc2)c2cccc3ccccc23)cc1.c1ccc(N(c2ccccc2)c2ccc(-c3ccc4c(c3)c3ccccc3n4-c3cccc4ccccc34)cc2)cc1. The minimum atomic E-state index is 1.11. The summed E-state index contributed by atoms with van der Waals surface area (Å²) in [6.45, 7) is 0. The van der Waals surface area contributed by atoms with Crippen LogP contribution in [0, 0.1) is 0 Å². The van der Waals surface area contributed by atoms with Crippen molar-refractivity contribution in [3.8, 4) is 61.6 Å². The first-order valence-corrected chi connectivity index (χ1v) is 49.4. The first-order valence-electron chi connectivity index (χ1n) is 49.4. The third kappa shape index (κ3) is 15.7. The predicted molar refractivity (Wildman–Crippen MR) is 613 cm³/mol. The van der Waals surface area contributed by atoms with Crippen LogP contribution in [-0.4, -0.2) is 13.7 Å². The summed E-state index contributed by atoms with van der Waals surface area (Å²) in [7, 11) is 0. The molecule has 3 heterocycles. The molecular formula is C138H94N6. The second-order valence-corrected chi connectivity index (χ2v) is 37.0. The number of nitrogens with zero attached hydrogens (tertiary/aromatic N) is 6. The Balaban J connectivity index is 0.000000112. The molecule has 3 aromatic heterocycles. The van der Waals surface area contributed by atoms with Gasteiger partial charge in [-0.15, -0.1) is 0 Å². The summed E-state index contributed by atoms with van der Waals surface area (Å²) in [5.41, 5.74) is 30.7. The standard InChI is InChI=1S/C54H36N2.C44H30N2.C40H28N2/c1-2-11-37(12-3-1)39-21-28-45(29-22-39)55(47-32-25-38-13-4-5-16-43(38)35-47)46-30-23-40(24-31-46)44-27-34-53-51(36-44)50-33-26-42-15-7-9-19-49(42)54(50)56(53)52-20-10-17-41-14-6-8-18-48(41)52;1-2-15-36(16-3-1)45(42-20-10-14-33-12-6-7-17-39(33)42)37-25-21-32(22-26-37)35-24-28-44-41(30-35)40-18-8-9-19-43(40)46(44)38-27-23-31-11-4-5-13-34(31)29-38;1-3-14-32(15-4-1)41(33-16-5-2-6-17-33)34-25-22-29(23-26-34)31-24-27-40-37(28-31)36-19-9-10-20-39(36)42(40)38-21-11-13-30-12-7-8-18-35(30)38/h1-36H;1-30H;1-28H. The predicted octanol–water partition coefficient (Wildman–Crippen LogP) is 38.3. The highest BCUT2D eigenvalue weighted by Crippen LogP contribution is 2.48. The van der Waals surface area contributed by atoms with Gasteiger partial charge in [0, 0.05) is 105 Å². The Hall–Kier alpha value is -19.1. The highest BCUT2D eigenvalue weighted by Gasteiger charge is 2.24. The lowest BCUT2D eigenvalue weighted by atomic mass is 10.0. The van der Waals surface area contributed by atoms with Gasteiger partial charge in [-0.05, 0) is 264 Å². The lowest BCUT2D eigenvalue weighted by Crippen LogP contribution is -2.10. The van der Waals surface area contributed by atoms with Crippen LogP contribution in [0.15, 0.2) is 570 Å². The molecule has 676 valence electrons. The molecule has 0 amide bonds. The second-order valence-electron chi connectivity index (χ2n) is 37.0. The van der Waals surface area contributed by atoms with E-state index in [2.05, 4.69) is 599 Å². The molecule has 0 N–H and O–H groups in total. The molecule has 0 fully saturated rings. The fourth-order valence-electron chi connectivity index (χ4n) is 21.8. The van der Waals surface area contributed by atoms with Gasteiger partial charge in [0.25, 0.3) is 0 Å². The van der Waals surface area contributed by atoms with Gasteiger partial charge in [0.1, 0.15) is 0 Å². The zero-order chi connectivity index (χ0) is 95.3. The second kappa shape index (κ2) is 37.0. The minimum Gasteiger partial charge on any atom is -0.311 e. The summed E-state index contributed by atoms with van der Waals surface area (Å²) in [5, 5.41) is 22.4. The van der Waals surface area contributed by atoms with Crippen LogP contribution in [0.1, 0.15) is 0 Å². The summed E-state index contributed by atoms with van der Waals surface area (Å²) in [4.78, 5) is 7.01. The van der Waals surface area contributed by atoms with E-state index in [0.29, 0.717) is 0 Å². The molecule has 25 aromatic carbocycles. The van der Waals surface area contributed by atoms with Gasteiger partial charge in [-0.25, -0.2) is 0 Å². The number of fused-ring (bicyclic) bond motifs is 16. The van der Waals surface area contributed by atoms with Gasteiger partial charge in [0.05, 0.1) is 50.2 Å². The van der Waals surface area contributed by atoms with Gasteiger partial charge < -0.3 is 28.4 Å². The van der Waals surface area contributed by atoms with Crippen LogP contribution in [0.25, 0.3) is 192 Å². The lowest BCUT2D eigenvalue weighted by Gasteiger charge is -2.27. The molecule has 0 radical (unpaired) electrons. The average Bonchev–Trinajstić information content (AvgIpc) is 1.55. The fourth-order valence-corrected chi connectivity index (χ4v) is 21.8. The molecule has 0 aliphatic carbocycles. The molecule has 0 aliphatic rings. The average molecular weight is 1840 g/mol. The number of para-hydroxylation sites is 5. The monoisotopic (exact) mass is 1830 g/mol. The van der Waals surface area contributed by atoms with Crippen molar-refractivity contribution in [2.24, 2.45) is 0 Å². The van der Waals surface area contributed by atoms with Crippen molar-refractivity contribution in [1.82, 2.24) is 13.7 Å². The lowest BCUT2D eigenvalue weighted by molar-refractivity contribution is 1.19. The first-order chi connectivity index (χ1) is 71.4. The maximum atomic E-state index is 2.48. The van der Waals surface area contributed by atoms with Crippen molar-refractivity contribution in [1.29, 1.82) is 0 Å². The van der Waals surface area contributed by atoms with Crippen molar-refractivity contribution < 1.29 is 0 Å². The third-order valence-electron chi connectivity index (χ3n) is 28.7. The summed E-state index contributed by atoms with van der Waals surface area (Å²) < 4.78 is 7.29. The van der Waals surface area contributed by atoms with Gasteiger partial charge in [0.2, 0.25) is 0 Å². The molecule has 6 nitrogen and oxygen atoms in total. The number of aromatic nitrogens is 3. The molecule has 144 heavy (non-hydrogen) atoms. The van der Waals surface area contributed by atoms with E-state index < -0.39 is 0 Å².